The Morgan fingerprint density at radius 1 is 0.328 bits per heavy atom. The molecule has 5 saturated heterocycles. The topological polar surface area (TPSA) is 1090 Å². The lowest BCUT2D eigenvalue weighted by molar-refractivity contribution is -0.254. The van der Waals surface area contributed by atoms with E-state index in [2.05, 4.69) is 97.6 Å². The number of ether oxygens (including phenoxy) is 5. The molecule has 0 saturated carbocycles. The zero-order valence-corrected chi connectivity index (χ0v) is 70.7. The minimum absolute atomic E-state index is 0.0412. The molecule has 122 heavy (non-hydrogen) atoms. The lowest BCUT2D eigenvalue weighted by atomic mass is 10.1. The van der Waals surface area contributed by atoms with E-state index in [1.165, 1.54) is 60.9 Å². The smallest absolute Gasteiger partial charge is 0.280 e. The fourth-order valence-electron chi connectivity index (χ4n) is 10.3. The number of nitrogens with two attached hydrogens (primary N) is 3. The van der Waals surface area contributed by atoms with Crippen molar-refractivity contribution in [1.29, 1.82) is 0 Å². The van der Waals surface area contributed by atoms with Crippen LogP contribution in [0.25, 0.3) is 33.5 Å². The van der Waals surface area contributed by atoms with E-state index in [4.69, 9.17) is 65.4 Å². The van der Waals surface area contributed by atoms with E-state index in [0.717, 1.165) is 0 Å². The molecule has 6 aromatic rings. The number of imidazole rings is 3. The quantitative estimate of drug-likeness (QED) is 0.0174. The van der Waals surface area contributed by atoms with Crippen LogP contribution in [0.1, 0.15) is 51.8 Å². The van der Waals surface area contributed by atoms with Crippen LogP contribution >= 0.6 is 93.9 Å². The van der Waals surface area contributed by atoms with Crippen LogP contribution in [0, 0.1) is 0 Å². The van der Waals surface area contributed by atoms with Gasteiger partial charge in [-0.25, -0.2) is 75.0 Å². The van der Waals surface area contributed by atoms with Gasteiger partial charge in [0.1, 0.15) is 109 Å². The van der Waals surface area contributed by atoms with Crippen LogP contribution in [0.5, 0.6) is 0 Å². The standard InChI is InChI=1S/C10H16N5O12P3.C10H15N5O9P2.C10H14N5O6P.2C6H15O13P3/c11-9-8-10(13-3-12-9)15(4-14-8)7-1-5(16)6(25-7)2-24-29(20,21)27-30(22,23)26-28(17,18)19;11-9-8-10(13-3-12-9)15(4-14-8)7-1-5(16)6(23-7)2-22-26(20,21)24-25(17,18)19;11-9-8-10(13-3-12-9)15(4-14-8)7-1-5(16)6(21-7)2-20-22(17,18)19;2*1-3-5(7)6(8)4(17-3)2-16-21(12,13)19-22(14,15)18-20(9,10)11/h3-7,16H,1-2H2,(H,20,21)(H,22,23)(H2,11,12,13)(H2,17,18,19);3-7,16H,1-2H2,(H,20,21)(H2,11,12,13)(H2,17,18,19);3-7,16H,1-2H2,(H2,11,12,13)(H2,17,18,19);2*3-8H,2H2,1H3,(H,12,13)(H,14,15)(H2,9,10,11)/p-12/t3*5-,6+,7+;;/m000../s1. The van der Waals surface area contributed by atoms with E-state index >= 15 is 0 Å². The van der Waals surface area contributed by atoms with Gasteiger partial charge in [0.25, 0.3) is 93.9 Å². The van der Waals surface area contributed by atoms with E-state index in [1.807, 2.05) is 0 Å². The highest BCUT2D eigenvalue weighted by Crippen LogP contribution is 2.64. The minimum Gasteiger partial charge on any atom is -0.756 e. The summed E-state index contributed by atoms with van der Waals surface area (Å²) in [7, 11) is -68.0. The van der Waals surface area contributed by atoms with Gasteiger partial charge in [0.05, 0.1) is 82.5 Å². The monoisotopic (exact) mass is 2000 g/mol. The molecule has 5 aliphatic rings. The number of fused-ring (bicyclic) bond motifs is 3. The molecule has 696 valence electrons. The summed E-state index contributed by atoms with van der Waals surface area (Å²) in [6.07, 6.45) is -10.7. The van der Waals surface area contributed by atoms with Crippen LogP contribution in [0.4, 0.5) is 17.5 Å². The number of aliphatic hydroxyl groups is 7. The highest BCUT2D eigenvalue weighted by Gasteiger charge is 2.45. The Balaban J connectivity index is 0.000000211. The summed E-state index contributed by atoms with van der Waals surface area (Å²) in [6, 6.07) is 0. The Bertz CT molecular complexity index is 5110. The van der Waals surface area contributed by atoms with Crippen molar-refractivity contribution < 1.29 is 250 Å². The van der Waals surface area contributed by atoms with Crippen LogP contribution in [-0.4, -0.2) is 237 Å². The average Bonchev–Trinajstić information content (AvgIpc) is 1.64. The number of aromatic nitrogens is 12. The molecule has 0 spiro atoms. The molecular formula is C42H63N15O53P12-12. The SMILES string of the molecule is CC1OC(COP(=O)([O-])OP(=O)([O-])OP(=O)([O-])O)C(O)C1O.CC1OC(COP(=O)([O-])OP(=O)([O-])OP(=O)([O-])O)C(O)C1O.Nc1ncnc2c1ncn2[C@H]1C[C@H](O)[C@@H](COP(=O)([O-])O)O1.Nc1ncnc2c1ncn2[C@H]1C[C@H](O)[C@@H](COP(=O)([O-])OP(=O)([O-])O)O1.Nc1ncnc2c1ncn2[C@H]1C[C@H](O)[C@@H](COP(=O)([O-])OP(=O)([O-])OP(=O)([O-])O)O1. The van der Waals surface area contributed by atoms with Crippen LogP contribution in [0.3, 0.4) is 0 Å². The molecule has 0 bridgehead atoms. The highest BCUT2D eigenvalue weighted by atomic mass is 31.3. The van der Waals surface area contributed by atoms with Crippen molar-refractivity contribution in [3.63, 3.8) is 0 Å². The zero-order chi connectivity index (χ0) is 92.0. The normalized spacial score (nSPS) is 31.4. The molecule has 0 amide bonds. The Morgan fingerprint density at radius 3 is 0.787 bits per heavy atom. The van der Waals surface area contributed by atoms with Crippen LogP contribution < -0.4 is 75.9 Å². The van der Waals surface area contributed by atoms with E-state index in [1.54, 1.807) is 4.57 Å². The first kappa shape index (κ1) is 105. The molecule has 18 N–H and O–H groups in total. The second-order valence-corrected chi connectivity index (χ2v) is 41.1. The van der Waals surface area contributed by atoms with Gasteiger partial charge in [0, 0.05) is 19.3 Å². The third-order valence-corrected chi connectivity index (χ3v) is 28.9. The number of aliphatic hydroxyl groups excluding tert-OH is 7. The lowest BCUT2D eigenvalue weighted by Crippen LogP contribution is -2.34. The summed E-state index contributed by atoms with van der Waals surface area (Å²) in [6.45, 7) is -1.19. The van der Waals surface area contributed by atoms with Crippen molar-refractivity contribution in [1.82, 2.24) is 58.6 Å². The van der Waals surface area contributed by atoms with Gasteiger partial charge in [0.15, 0.2) is 34.4 Å². The number of phosphoric ester groups is 5. The summed E-state index contributed by atoms with van der Waals surface area (Å²) in [5.41, 5.74) is 19.1. The molecule has 5 fully saturated rings. The number of nitrogens with zero attached hydrogens (tertiary/aromatic N) is 12. The summed E-state index contributed by atoms with van der Waals surface area (Å²) in [5.74, 6) is 0.480. The Morgan fingerprint density at radius 2 is 0.557 bits per heavy atom. The number of nitrogen functional groups attached to an aromatic ring is 3. The van der Waals surface area contributed by atoms with Gasteiger partial charge in [-0.3, -0.25) is 68.5 Å². The van der Waals surface area contributed by atoms with Crippen LogP contribution in [0.15, 0.2) is 38.0 Å². The maximum atomic E-state index is 11.6. The van der Waals surface area contributed by atoms with Gasteiger partial charge < -0.3 is 182 Å². The maximum absolute atomic E-state index is 11.6. The van der Waals surface area contributed by atoms with E-state index in [-0.39, 0.29) is 47.9 Å². The number of phosphoric acid groups is 12. The largest absolute Gasteiger partial charge is 0.756 e. The molecule has 0 aliphatic carbocycles. The van der Waals surface area contributed by atoms with Gasteiger partial charge >= 0.3 is 0 Å². The first-order valence-electron chi connectivity index (χ1n) is 32.0. The summed E-state index contributed by atoms with van der Waals surface area (Å²) >= 11 is 0. The van der Waals surface area contributed by atoms with Gasteiger partial charge in [0.2, 0.25) is 0 Å². The van der Waals surface area contributed by atoms with Crippen molar-refractivity contribution >= 4 is 145 Å². The molecule has 11 heterocycles. The molecule has 5 aliphatic heterocycles. The van der Waals surface area contributed by atoms with Gasteiger partial charge in [-0.15, -0.1) is 0 Å². The zero-order valence-electron chi connectivity index (χ0n) is 60.0. The van der Waals surface area contributed by atoms with Gasteiger partial charge in [-0.2, -0.15) is 0 Å². The van der Waals surface area contributed by atoms with Gasteiger partial charge in [-0.1, -0.05) is 0 Å². The summed E-state index contributed by atoms with van der Waals surface area (Å²) in [4.78, 5) is 207. The molecule has 11 rings (SSSR count). The Kier molecular flexibility index (Phi) is 35.8. The Labute approximate surface area is 676 Å². The first-order chi connectivity index (χ1) is 55.6. The second-order valence-electron chi connectivity index (χ2n) is 24.3. The first-order valence-corrected chi connectivity index (χ1v) is 49.7. The third kappa shape index (κ3) is 32.7. The van der Waals surface area contributed by atoms with Crippen molar-refractivity contribution in [2.45, 2.75) is 137 Å². The van der Waals surface area contributed by atoms with Crippen molar-refractivity contribution in [3.8, 4) is 0 Å². The molecule has 68 nitrogen and oxygen atoms in total. The number of hydrogen-bond donors (Lipinski definition) is 15. The molecule has 29 atom stereocenters. The Hall–Kier alpha value is -3.83. The highest BCUT2D eigenvalue weighted by molar-refractivity contribution is 7.66. The fourth-order valence-corrected chi connectivity index (χ4v) is 20.9. The number of rotatable bonds is 32. The second kappa shape index (κ2) is 41.5. The fraction of sp³-hybridized carbons (Fsp3) is 0.643. The van der Waals surface area contributed by atoms with E-state index in [9.17, 15) is 149 Å². The molecule has 0 radical (unpaired) electrons. The van der Waals surface area contributed by atoms with Gasteiger partial charge in [-0.05, 0) is 13.8 Å². The summed E-state index contributed by atoms with van der Waals surface area (Å²) < 4.78 is 205. The van der Waals surface area contributed by atoms with Crippen molar-refractivity contribution in [2.24, 2.45) is 0 Å². The van der Waals surface area contributed by atoms with Crippen LogP contribution in [0.2, 0.25) is 0 Å². The number of hydrogen-bond acceptors (Lipinski definition) is 60. The number of anilines is 3. The maximum Gasteiger partial charge on any atom is 0.280 e. The average molecular weight is 2000 g/mol. The van der Waals surface area contributed by atoms with Crippen molar-refractivity contribution in [2.75, 3.05) is 50.2 Å². The molecule has 6 aromatic heterocycles. The predicted molar refractivity (Wildman–Crippen MR) is 355 cm³/mol. The molecule has 20 unspecified atom stereocenters. The summed E-state index contributed by atoms with van der Waals surface area (Å²) in [5, 5.41) is 67.7. The predicted octanol–water partition coefficient (Wildman–Crippen LogP) is -12.1. The molecular weight excluding hydrogens is 1930 g/mol. The van der Waals surface area contributed by atoms with E-state index < -0.39 is 231 Å². The lowest BCUT2D eigenvalue weighted by Gasteiger charge is -2.33. The minimum atomic E-state index is -6.01. The van der Waals surface area contributed by atoms with Crippen molar-refractivity contribution in [3.05, 3.63) is 38.0 Å². The molecule has 0 aromatic carbocycles. The molecule has 80 heteroatoms. The third-order valence-electron chi connectivity index (χ3n) is 15.3. The van der Waals surface area contributed by atoms with E-state index in [0.29, 0.717) is 22.3 Å². The van der Waals surface area contributed by atoms with Crippen LogP contribution in [-0.2, 0) is 131 Å².